The minimum atomic E-state index is -0.173. The Morgan fingerprint density at radius 2 is 2.11 bits per heavy atom. The van der Waals surface area contributed by atoms with E-state index in [2.05, 4.69) is 32.4 Å². The van der Waals surface area contributed by atoms with E-state index in [0.717, 1.165) is 31.8 Å². The third kappa shape index (κ3) is 3.07. The highest BCUT2D eigenvalue weighted by Gasteiger charge is 2.21. The number of likely N-dealkylation sites (tertiary alicyclic amines) is 1. The minimum absolute atomic E-state index is 0.173. The van der Waals surface area contributed by atoms with Gasteiger partial charge in [-0.25, -0.2) is 4.98 Å². The van der Waals surface area contributed by atoms with Crippen molar-refractivity contribution in [3.8, 4) is 0 Å². The van der Waals surface area contributed by atoms with Gasteiger partial charge in [-0.1, -0.05) is 13.8 Å². The first kappa shape index (κ1) is 13.0. The van der Waals surface area contributed by atoms with Gasteiger partial charge >= 0.3 is 0 Å². The van der Waals surface area contributed by atoms with Crippen molar-refractivity contribution < 1.29 is 4.79 Å². The molecule has 0 bridgehead atoms. The molecule has 0 atom stereocenters. The van der Waals surface area contributed by atoms with Gasteiger partial charge in [-0.15, -0.1) is 5.10 Å². The molecule has 0 saturated carbocycles. The summed E-state index contributed by atoms with van der Waals surface area (Å²) in [6, 6.07) is 0.245. The molecule has 6 heteroatoms. The van der Waals surface area contributed by atoms with Crippen LogP contribution >= 0.6 is 0 Å². The lowest BCUT2D eigenvalue weighted by molar-refractivity contribution is 0.0906. The molecule has 1 amide bonds. The lowest BCUT2D eigenvalue weighted by atomic mass is 10.1. The highest BCUT2D eigenvalue weighted by atomic mass is 16.2. The molecule has 0 aromatic carbocycles. The Balaban J connectivity index is 1.91. The number of aromatic nitrogens is 3. The first-order valence-corrected chi connectivity index (χ1v) is 6.48. The van der Waals surface area contributed by atoms with E-state index in [1.54, 1.807) is 0 Å². The molecule has 18 heavy (non-hydrogen) atoms. The zero-order chi connectivity index (χ0) is 13.1. The Labute approximate surface area is 107 Å². The van der Waals surface area contributed by atoms with Gasteiger partial charge in [-0.05, 0) is 33.0 Å². The van der Waals surface area contributed by atoms with Gasteiger partial charge < -0.3 is 10.2 Å². The van der Waals surface area contributed by atoms with Crippen LogP contribution in [0.3, 0.4) is 0 Å². The predicted molar refractivity (Wildman–Crippen MR) is 68.5 cm³/mol. The smallest absolute Gasteiger partial charge is 0.291 e. The maximum absolute atomic E-state index is 12.0. The second kappa shape index (κ2) is 5.48. The van der Waals surface area contributed by atoms with Gasteiger partial charge in [0, 0.05) is 12.0 Å². The van der Waals surface area contributed by atoms with Crippen molar-refractivity contribution in [3.63, 3.8) is 0 Å². The van der Waals surface area contributed by atoms with Crippen molar-refractivity contribution in [1.29, 1.82) is 0 Å². The van der Waals surface area contributed by atoms with Crippen LogP contribution in [0, 0.1) is 0 Å². The molecular formula is C12H21N5O. The number of nitrogens with one attached hydrogen (secondary N) is 2. The van der Waals surface area contributed by atoms with Gasteiger partial charge in [0.1, 0.15) is 5.82 Å². The van der Waals surface area contributed by atoms with Crippen LogP contribution in [0.2, 0.25) is 0 Å². The summed E-state index contributed by atoms with van der Waals surface area (Å²) in [5, 5.41) is 9.76. The monoisotopic (exact) mass is 251 g/mol. The van der Waals surface area contributed by atoms with Crippen LogP contribution in [0.1, 0.15) is 49.1 Å². The van der Waals surface area contributed by atoms with Gasteiger partial charge in [0.2, 0.25) is 5.82 Å². The van der Waals surface area contributed by atoms with Crippen LogP contribution in [0.25, 0.3) is 0 Å². The van der Waals surface area contributed by atoms with E-state index >= 15 is 0 Å². The molecule has 100 valence electrons. The molecule has 0 radical (unpaired) electrons. The molecule has 1 aromatic heterocycles. The molecule has 2 heterocycles. The van der Waals surface area contributed by atoms with Gasteiger partial charge in [-0.2, -0.15) is 0 Å². The molecular weight excluding hydrogens is 230 g/mol. The summed E-state index contributed by atoms with van der Waals surface area (Å²) in [6.45, 7) is 6.07. The quantitative estimate of drug-likeness (QED) is 0.831. The van der Waals surface area contributed by atoms with E-state index in [-0.39, 0.29) is 23.7 Å². The van der Waals surface area contributed by atoms with Crippen LogP contribution in [0.15, 0.2) is 0 Å². The summed E-state index contributed by atoms with van der Waals surface area (Å²) in [4.78, 5) is 18.4. The summed E-state index contributed by atoms with van der Waals surface area (Å²) >= 11 is 0. The average Bonchev–Trinajstić information content (AvgIpc) is 2.81. The number of carbonyl (C=O) groups is 1. The number of amides is 1. The Kier molecular flexibility index (Phi) is 3.96. The number of hydrogen-bond acceptors (Lipinski definition) is 4. The molecule has 0 unspecified atom stereocenters. The van der Waals surface area contributed by atoms with Crippen LogP contribution in [0.4, 0.5) is 0 Å². The first-order valence-electron chi connectivity index (χ1n) is 6.48. The fourth-order valence-electron chi connectivity index (χ4n) is 2.04. The van der Waals surface area contributed by atoms with Crippen molar-refractivity contribution in [2.75, 3.05) is 20.1 Å². The third-order valence-electron chi connectivity index (χ3n) is 3.31. The standard InChI is InChI=1S/C12H21N5O/c1-8(2)10-14-11(16-15-10)12(18)13-9-4-6-17(3)7-5-9/h8-9H,4-7H2,1-3H3,(H,13,18)(H,14,15,16). The minimum Gasteiger partial charge on any atom is -0.346 e. The van der Waals surface area contributed by atoms with E-state index in [9.17, 15) is 4.79 Å². The molecule has 1 aliphatic rings. The van der Waals surface area contributed by atoms with Crippen LogP contribution in [0.5, 0.6) is 0 Å². The van der Waals surface area contributed by atoms with Crippen LogP contribution in [-0.4, -0.2) is 52.2 Å². The molecule has 6 nitrogen and oxygen atoms in total. The van der Waals surface area contributed by atoms with Gasteiger partial charge in [0.25, 0.3) is 5.91 Å². The maximum atomic E-state index is 12.0. The van der Waals surface area contributed by atoms with E-state index in [4.69, 9.17) is 0 Å². The Bertz CT molecular complexity index is 406. The van der Waals surface area contributed by atoms with E-state index in [0.29, 0.717) is 0 Å². The number of aromatic amines is 1. The second-order valence-corrected chi connectivity index (χ2v) is 5.25. The zero-order valence-electron chi connectivity index (χ0n) is 11.2. The SMILES string of the molecule is CC(C)c1nc(C(=O)NC2CCN(C)CC2)n[nH]1. The Hall–Kier alpha value is -1.43. The number of hydrogen-bond donors (Lipinski definition) is 2. The van der Waals surface area contributed by atoms with Crippen molar-refractivity contribution in [1.82, 2.24) is 25.4 Å². The topological polar surface area (TPSA) is 73.9 Å². The number of rotatable bonds is 3. The van der Waals surface area contributed by atoms with E-state index in [1.165, 1.54) is 0 Å². The summed E-state index contributed by atoms with van der Waals surface area (Å²) in [5.41, 5.74) is 0. The summed E-state index contributed by atoms with van der Waals surface area (Å²) in [6.07, 6.45) is 1.98. The third-order valence-corrected chi connectivity index (χ3v) is 3.31. The van der Waals surface area contributed by atoms with Crippen LogP contribution < -0.4 is 5.32 Å². The number of piperidine rings is 1. The highest BCUT2D eigenvalue weighted by Crippen LogP contribution is 2.10. The lowest BCUT2D eigenvalue weighted by Crippen LogP contribution is -2.43. The molecule has 0 spiro atoms. The van der Waals surface area contributed by atoms with Gasteiger partial charge in [-0.3, -0.25) is 9.89 Å². The Morgan fingerprint density at radius 3 is 2.67 bits per heavy atom. The molecule has 1 fully saturated rings. The highest BCUT2D eigenvalue weighted by molar-refractivity contribution is 5.90. The summed E-state index contributed by atoms with van der Waals surface area (Å²) < 4.78 is 0. The normalized spacial score (nSPS) is 18.2. The lowest BCUT2D eigenvalue weighted by Gasteiger charge is -2.29. The average molecular weight is 251 g/mol. The van der Waals surface area contributed by atoms with Crippen molar-refractivity contribution in [2.24, 2.45) is 0 Å². The fourth-order valence-corrected chi connectivity index (χ4v) is 2.04. The van der Waals surface area contributed by atoms with Crippen molar-refractivity contribution in [3.05, 3.63) is 11.6 Å². The largest absolute Gasteiger partial charge is 0.346 e. The second-order valence-electron chi connectivity index (χ2n) is 5.25. The number of H-pyrrole nitrogens is 1. The summed E-state index contributed by atoms with van der Waals surface area (Å²) in [7, 11) is 2.10. The zero-order valence-corrected chi connectivity index (χ0v) is 11.2. The molecule has 1 aliphatic heterocycles. The molecule has 0 aliphatic carbocycles. The Morgan fingerprint density at radius 1 is 1.44 bits per heavy atom. The van der Waals surface area contributed by atoms with Crippen molar-refractivity contribution in [2.45, 2.75) is 38.6 Å². The fraction of sp³-hybridized carbons (Fsp3) is 0.750. The van der Waals surface area contributed by atoms with E-state index < -0.39 is 0 Å². The first-order chi connectivity index (χ1) is 8.56. The van der Waals surface area contributed by atoms with Gasteiger partial charge in [0.05, 0.1) is 0 Å². The van der Waals surface area contributed by atoms with Crippen LogP contribution in [-0.2, 0) is 0 Å². The maximum Gasteiger partial charge on any atom is 0.291 e. The predicted octanol–water partition coefficient (Wildman–Crippen LogP) is 0.752. The van der Waals surface area contributed by atoms with Gasteiger partial charge in [0.15, 0.2) is 0 Å². The molecule has 1 aromatic rings. The molecule has 2 rings (SSSR count). The number of nitrogens with zero attached hydrogens (tertiary/aromatic N) is 3. The summed E-state index contributed by atoms with van der Waals surface area (Å²) in [5.74, 6) is 1.08. The van der Waals surface area contributed by atoms with E-state index in [1.807, 2.05) is 13.8 Å². The van der Waals surface area contributed by atoms with Crippen molar-refractivity contribution >= 4 is 5.91 Å². The number of carbonyl (C=O) groups excluding carboxylic acids is 1. The molecule has 1 saturated heterocycles. The molecule has 2 N–H and O–H groups in total.